The second-order valence-corrected chi connectivity index (χ2v) is 18.0. The predicted molar refractivity (Wildman–Crippen MR) is 97.0 cm³/mol. The van der Waals surface area contributed by atoms with Gasteiger partial charge in [0.25, 0.3) is 0 Å². The van der Waals surface area contributed by atoms with Gasteiger partial charge in [-0.05, 0) is 0 Å². The minimum atomic E-state index is -1.69. The fraction of sp³-hybridized carbons (Fsp3) is 0.750. The second-order valence-electron chi connectivity index (χ2n) is 5.99. The summed E-state index contributed by atoms with van der Waals surface area (Å²) in [7, 11) is 1.53. The number of carbonyl (C=O) groups is 4. The Morgan fingerprint density at radius 1 is 0.815 bits per heavy atom. The standard InChI is InChI=1S/C14H20O9S.2CH3.Sb/c1-6(15)19-5-10-11(20-7(2)16)12(21-8(3)17)13(14(24)23-10)22-9(4)18;;;/h10-14,24H,5H2,1-4H3;2*1H3;/q;;;+1/p-1/t10-,11-,12+,13-,14+;;;/m1.../s1. The van der Waals surface area contributed by atoms with E-state index in [2.05, 4.69) is 9.74 Å². The summed E-state index contributed by atoms with van der Waals surface area (Å²) in [4.78, 5) is 50.3. The van der Waals surface area contributed by atoms with Crippen LogP contribution in [0.4, 0.5) is 0 Å². The first-order valence-electron chi connectivity index (χ1n) is 8.15. The van der Waals surface area contributed by atoms with E-state index in [-0.39, 0.29) is 6.61 Å². The predicted octanol–water partition coefficient (Wildman–Crippen LogP) is 1.05. The fourth-order valence-electron chi connectivity index (χ4n) is 2.48. The van der Waals surface area contributed by atoms with Crippen molar-refractivity contribution in [1.82, 2.24) is 0 Å². The zero-order valence-electron chi connectivity index (χ0n) is 16.1. The number of esters is 4. The maximum absolute atomic E-state index is 11.7. The summed E-state index contributed by atoms with van der Waals surface area (Å²) in [5.41, 5.74) is -0.636. The number of hydrogen-bond acceptors (Lipinski definition) is 10. The molecule has 5 atom stereocenters. The molecule has 0 saturated carbocycles. The van der Waals surface area contributed by atoms with Crippen molar-refractivity contribution in [3.05, 3.63) is 0 Å². The van der Waals surface area contributed by atoms with E-state index >= 15 is 0 Å². The second kappa shape index (κ2) is 11.1. The van der Waals surface area contributed by atoms with Gasteiger partial charge in [0.05, 0.1) is 0 Å². The molecule has 1 fully saturated rings. The van der Waals surface area contributed by atoms with Gasteiger partial charge in [-0.1, -0.05) is 0 Å². The van der Waals surface area contributed by atoms with Crippen LogP contribution in [-0.2, 0) is 42.9 Å². The topological polar surface area (TPSA) is 114 Å². The van der Waals surface area contributed by atoms with E-state index in [0.29, 0.717) is 0 Å². The summed E-state index contributed by atoms with van der Waals surface area (Å²) in [5, 5.41) is 0. The summed E-state index contributed by atoms with van der Waals surface area (Å²) in [5.74, 6) is -2.38. The van der Waals surface area contributed by atoms with Gasteiger partial charge in [-0.2, -0.15) is 0 Å². The van der Waals surface area contributed by atoms with Crippen molar-refractivity contribution in [2.24, 2.45) is 0 Å². The van der Waals surface area contributed by atoms with E-state index in [1.54, 1.807) is 0 Å². The molecule has 1 aliphatic heterocycles. The molecule has 0 spiro atoms. The Hall–Kier alpha value is -0.992. The van der Waals surface area contributed by atoms with Crippen LogP contribution in [0.2, 0.25) is 9.74 Å². The zero-order valence-corrected chi connectivity index (χ0v) is 19.5. The van der Waals surface area contributed by atoms with E-state index in [9.17, 15) is 19.2 Å². The van der Waals surface area contributed by atoms with E-state index in [1.807, 2.05) is 0 Å². The van der Waals surface area contributed by atoms with Crippen molar-refractivity contribution < 1.29 is 42.9 Å². The van der Waals surface area contributed by atoms with Crippen LogP contribution in [0.15, 0.2) is 0 Å². The SMILES string of the molecule is CC(=O)OC[C@H]1O[C@@H]([S][Sb]([CH3])[CH3])[C@H](OC(C)=O)[C@@H](OC(C)=O)[C@@H]1OC(C)=O. The summed E-state index contributed by atoms with van der Waals surface area (Å²) in [6, 6.07) is 0. The molecule has 0 radical (unpaired) electrons. The van der Waals surface area contributed by atoms with Gasteiger partial charge in [-0.3, -0.25) is 0 Å². The minimum absolute atomic E-state index is 0.195. The van der Waals surface area contributed by atoms with Crippen LogP contribution in [0.3, 0.4) is 0 Å². The molecule has 0 N–H and O–H groups in total. The van der Waals surface area contributed by atoms with E-state index < -0.39 is 72.5 Å². The molecule has 0 aromatic heterocycles. The van der Waals surface area contributed by atoms with Gasteiger partial charge in [0.2, 0.25) is 0 Å². The van der Waals surface area contributed by atoms with Crippen molar-refractivity contribution >= 4 is 51.5 Å². The first-order chi connectivity index (χ1) is 12.5. The molecule has 0 aliphatic carbocycles. The van der Waals surface area contributed by atoms with Crippen LogP contribution in [0.1, 0.15) is 27.7 Å². The molecule has 0 aromatic carbocycles. The Kier molecular flexibility index (Phi) is 9.90. The van der Waals surface area contributed by atoms with E-state index in [1.165, 1.54) is 36.5 Å². The third kappa shape index (κ3) is 8.27. The van der Waals surface area contributed by atoms with Crippen LogP contribution in [-0.4, -0.2) is 79.1 Å². The number of rotatable bonds is 7. The molecule has 1 aliphatic rings. The summed E-state index contributed by atoms with van der Waals surface area (Å²) >= 11 is -1.69. The first-order valence-corrected chi connectivity index (χ1v) is 17.2. The van der Waals surface area contributed by atoms with Gasteiger partial charge < -0.3 is 0 Å². The van der Waals surface area contributed by atoms with Gasteiger partial charge in [0.15, 0.2) is 0 Å². The van der Waals surface area contributed by atoms with Crippen LogP contribution in [0.25, 0.3) is 0 Å². The molecule has 0 unspecified atom stereocenters. The Balaban J connectivity index is 3.27. The number of carbonyl (C=O) groups excluding carboxylic acids is 4. The average molecular weight is 515 g/mol. The number of hydrogen-bond donors (Lipinski definition) is 0. The van der Waals surface area contributed by atoms with Crippen LogP contribution < -0.4 is 0 Å². The number of ether oxygens (including phenoxy) is 5. The van der Waals surface area contributed by atoms with Crippen molar-refractivity contribution in [3.63, 3.8) is 0 Å². The van der Waals surface area contributed by atoms with E-state index in [4.69, 9.17) is 23.7 Å². The fourth-order valence-corrected chi connectivity index (χ4v) is 8.43. The van der Waals surface area contributed by atoms with Crippen LogP contribution in [0, 0.1) is 0 Å². The molecule has 1 heterocycles. The molecule has 0 aromatic rings. The Bertz CT molecular complexity index is 568. The third-order valence-corrected chi connectivity index (χ3v) is 9.66. The van der Waals surface area contributed by atoms with Crippen molar-refractivity contribution in [3.8, 4) is 0 Å². The molecule has 0 bridgehead atoms. The normalized spacial score (nSPS) is 27.6. The molecule has 154 valence electrons. The molecule has 9 nitrogen and oxygen atoms in total. The van der Waals surface area contributed by atoms with Gasteiger partial charge >= 0.3 is 168 Å². The average Bonchev–Trinajstić information content (AvgIpc) is 2.49. The van der Waals surface area contributed by atoms with Gasteiger partial charge in [0.1, 0.15) is 0 Å². The molecule has 1 saturated heterocycles. The summed E-state index contributed by atoms with van der Waals surface area (Å²) in [6.07, 6.45) is -4.00. The molecule has 0 amide bonds. The third-order valence-electron chi connectivity index (χ3n) is 3.26. The molecule has 1 rings (SSSR count). The van der Waals surface area contributed by atoms with Crippen molar-refractivity contribution in [1.29, 1.82) is 0 Å². The van der Waals surface area contributed by atoms with Crippen molar-refractivity contribution in [2.45, 2.75) is 67.3 Å². The Labute approximate surface area is 168 Å². The Morgan fingerprint density at radius 3 is 1.74 bits per heavy atom. The van der Waals surface area contributed by atoms with Crippen LogP contribution in [0.5, 0.6) is 0 Å². The van der Waals surface area contributed by atoms with Crippen LogP contribution >= 0.6 is 8.85 Å². The van der Waals surface area contributed by atoms with Crippen molar-refractivity contribution in [2.75, 3.05) is 6.61 Å². The molecular formula is C16H25O9SSb. The Morgan fingerprint density at radius 2 is 1.30 bits per heavy atom. The van der Waals surface area contributed by atoms with Gasteiger partial charge in [-0.25, -0.2) is 0 Å². The quantitative estimate of drug-likeness (QED) is 0.277. The van der Waals surface area contributed by atoms with Gasteiger partial charge in [-0.15, -0.1) is 0 Å². The summed E-state index contributed by atoms with van der Waals surface area (Å²) < 4.78 is 27.0. The maximum atomic E-state index is 11.7. The molecule has 27 heavy (non-hydrogen) atoms. The monoisotopic (exact) mass is 514 g/mol. The zero-order chi connectivity index (χ0) is 20.7. The van der Waals surface area contributed by atoms with Gasteiger partial charge in [0, 0.05) is 0 Å². The molecule has 11 heteroatoms. The summed E-state index contributed by atoms with van der Waals surface area (Å²) in [6.45, 7) is 4.67. The molecular weight excluding hydrogens is 490 g/mol. The first kappa shape index (κ1) is 24.0. The van der Waals surface area contributed by atoms with E-state index in [0.717, 1.165) is 0 Å².